The molecule has 0 saturated carbocycles. The zero-order valence-electron chi connectivity index (χ0n) is 11.9. The summed E-state index contributed by atoms with van der Waals surface area (Å²) in [6.07, 6.45) is 7.10. The number of nitrogen functional groups attached to an aromatic ring is 1. The number of nitrogens with zero attached hydrogens (tertiary/aromatic N) is 4. The third-order valence-electron chi connectivity index (χ3n) is 3.36. The van der Waals surface area contributed by atoms with E-state index in [1.165, 1.54) is 6.33 Å². The van der Waals surface area contributed by atoms with Crippen molar-refractivity contribution < 1.29 is 0 Å². The van der Waals surface area contributed by atoms with Gasteiger partial charge in [-0.3, -0.25) is 0 Å². The molecule has 106 valence electrons. The first-order chi connectivity index (χ1) is 10.3. The molecule has 2 aromatic heterocycles. The minimum Gasteiger partial charge on any atom is -0.383 e. The highest BCUT2D eigenvalue weighted by Gasteiger charge is 2.12. The molecule has 0 radical (unpaired) electrons. The number of benzene rings is 1. The molecule has 3 rings (SSSR count). The molecule has 2 N–H and O–H groups in total. The predicted molar refractivity (Wildman–Crippen MR) is 83.0 cm³/mol. The summed E-state index contributed by atoms with van der Waals surface area (Å²) >= 11 is 0. The van der Waals surface area contributed by atoms with Crippen molar-refractivity contribution in [2.24, 2.45) is 0 Å². The average Bonchev–Trinajstić information content (AvgIpc) is 3.00. The van der Waals surface area contributed by atoms with Crippen LogP contribution >= 0.6 is 0 Å². The van der Waals surface area contributed by atoms with Gasteiger partial charge in [0.2, 0.25) is 0 Å². The topological polar surface area (TPSA) is 69.6 Å². The average molecular weight is 279 g/mol. The maximum Gasteiger partial charge on any atom is 0.161 e. The Hall–Kier alpha value is -2.69. The van der Waals surface area contributed by atoms with E-state index in [1.54, 1.807) is 4.68 Å². The Morgan fingerprint density at radius 1 is 1.10 bits per heavy atom. The third kappa shape index (κ3) is 2.63. The maximum atomic E-state index is 5.97. The Bertz CT molecular complexity index is 733. The van der Waals surface area contributed by atoms with Gasteiger partial charge in [0.05, 0.1) is 6.20 Å². The maximum absolute atomic E-state index is 5.97. The molecule has 0 unspecified atom stereocenters. The van der Waals surface area contributed by atoms with Crippen LogP contribution in [-0.4, -0.2) is 19.7 Å². The summed E-state index contributed by atoms with van der Waals surface area (Å²) in [5.41, 5.74) is 9.10. The highest BCUT2D eigenvalue weighted by atomic mass is 15.3. The molecule has 2 heterocycles. The number of rotatable bonds is 4. The van der Waals surface area contributed by atoms with Gasteiger partial charge < -0.3 is 5.73 Å². The molecular formula is C16H17N5. The van der Waals surface area contributed by atoms with Gasteiger partial charge in [-0.2, -0.15) is 5.10 Å². The molecule has 1 aromatic carbocycles. The lowest BCUT2D eigenvalue weighted by molar-refractivity contribution is 0.802. The van der Waals surface area contributed by atoms with Crippen LogP contribution < -0.4 is 5.73 Å². The second-order valence-corrected chi connectivity index (χ2v) is 4.85. The van der Waals surface area contributed by atoms with E-state index in [-0.39, 0.29) is 0 Å². The standard InChI is InChI=1S/C16H17N5/c1-2-6-14-15(17)18-11-19-16(14)21-10-13(9-20-21)12-7-4-3-5-8-12/h3-5,7-11H,2,6H2,1H3,(H2,17,18,19). The van der Waals surface area contributed by atoms with Crippen LogP contribution in [0, 0.1) is 0 Å². The fourth-order valence-electron chi connectivity index (χ4n) is 2.32. The van der Waals surface area contributed by atoms with Crippen LogP contribution in [0.5, 0.6) is 0 Å². The molecule has 0 aliphatic heterocycles. The molecule has 0 aliphatic rings. The molecular weight excluding hydrogens is 262 g/mol. The van der Waals surface area contributed by atoms with E-state index in [2.05, 4.69) is 34.1 Å². The monoisotopic (exact) mass is 279 g/mol. The highest BCUT2D eigenvalue weighted by Crippen LogP contribution is 2.22. The van der Waals surface area contributed by atoms with Gasteiger partial charge in [-0.05, 0) is 12.0 Å². The first-order valence-corrected chi connectivity index (χ1v) is 6.99. The van der Waals surface area contributed by atoms with Gasteiger partial charge in [0.25, 0.3) is 0 Å². The highest BCUT2D eigenvalue weighted by molar-refractivity contribution is 5.62. The summed E-state index contributed by atoms with van der Waals surface area (Å²) in [6, 6.07) is 10.1. The van der Waals surface area contributed by atoms with Gasteiger partial charge in [0.1, 0.15) is 12.1 Å². The fourth-order valence-corrected chi connectivity index (χ4v) is 2.32. The first-order valence-electron chi connectivity index (χ1n) is 6.99. The Morgan fingerprint density at radius 3 is 2.67 bits per heavy atom. The minimum atomic E-state index is 0.526. The second-order valence-electron chi connectivity index (χ2n) is 4.85. The van der Waals surface area contributed by atoms with Gasteiger partial charge in [-0.25, -0.2) is 14.6 Å². The second kappa shape index (κ2) is 5.75. The van der Waals surface area contributed by atoms with E-state index in [0.29, 0.717) is 5.82 Å². The van der Waals surface area contributed by atoms with Crippen molar-refractivity contribution in [2.75, 3.05) is 5.73 Å². The summed E-state index contributed by atoms with van der Waals surface area (Å²) in [5.74, 6) is 1.28. The van der Waals surface area contributed by atoms with E-state index in [1.807, 2.05) is 30.6 Å². The molecule has 0 atom stereocenters. The number of nitrogens with two attached hydrogens (primary N) is 1. The molecule has 3 aromatic rings. The Morgan fingerprint density at radius 2 is 1.90 bits per heavy atom. The number of anilines is 1. The quantitative estimate of drug-likeness (QED) is 0.797. The van der Waals surface area contributed by atoms with Gasteiger partial charge in [0.15, 0.2) is 5.82 Å². The van der Waals surface area contributed by atoms with Crippen molar-refractivity contribution in [3.63, 3.8) is 0 Å². The molecule has 0 fully saturated rings. The van der Waals surface area contributed by atoms with Gasteiger partial charge in [-0.15, -0.1) is 0 Å². The normalized spacial score (nSPS) is 10.7. The van der Waals surface area contributed by atoms with Crippen molar-refractivity contribution >= 4 is 5.82 Å². The minimum absolute atomic E-state index is 0.526. The SMILES string of the molecule is CCCc1c(N)ncnc1-n1cc(-c2ccccc2)cn1. The fraction of sp³-hybridized carbons (Fsp3) is 0.188. The molecule has 5 nitrogen and oxygen atoms in total. The van der Waals surface area contributed by atoms with Gasteiger partial charge in [-0.1, -0.05) is 43.7 Å². The van der Waals surface area contributed by atoms with Crippen LogP contribution in [0.3, 0.4) is 0 Å². The Kier molecular flexibility index (Phi) is 3.64. The summed E-state index contributed by atoms with van der Waals surface area (Å²) in [4.78, 5) is 8.42. The number of hydrogen-bond donors (Lipinski definition) is 1. The van der Waals surface area contributed by atoms with Crippen molar-refractivity contribution in [3.05, 3.63) is 54.6 Å². The van der Waals surface area contributed by atoms with Gasteiger partial charge in [0, 0.05) is 17.3 Å². The zero-order chi connectivity index (χ0) is 14.7. The van der Waals surface area contributed by atoms with E-state index >= 15 is 0 Å². The first kappa shape index (κ1) is 13.3. The smallest absolute Gasteiger partial charge is 0.161 e. The Balaban J connectivity index is 2.03. The molecule has 0 amide bonds. The molecule has 0 aliphatic carbocycles. The lowest BCUT2D eigenvalue weighted by Crippen LogP contribution is -2.08. The number of aromatic nitrogens is 4. The number of hydrogen-bond acceptors (Lipinski definition) is 4. The van der Waals surface area contributed by atoms with Crippen molar-refractivity contribution in [2.45, 2.75) is 19.8 Å². The lowest BCUT2D eigenvalue weighted by atomic mass is 10.1. The van der Waals surface area contributed by atoms with Crippen LogP contribution in [0.1, 0.15) is 18.9 Å². The van der Waals surface area contributed by atoms with E-state index < -0.39 is 0 Å². The van der Waals surface area contributed by atoms with Crippen molar-refractivity contribution in [1.29, 1.82) is 0 Å². The molecule has 5 heteroatoms. The largest absolute Gasteiger partial charge is 0.383 e. The molecule has 21 heavy (non-hydrogen) atoms. The summed E-state index contributed by atoms with van der Waals surface area (Å²) < 4.78 is 1.77. The summed E-state index contributed by atoms with van der Waals surface area (Å²) in [6.45, 7) is 2.11. The van der Waals surface area contributed by atoms with Crippen molar-refractivity contribution in [1.82, 2.24) is 19.7 Å². The van der Waals surface area contributed by atoms with Crippen LogP contribution in [0.25, 0.3) is 16.9 Å². The summed E-state index contributed by atoms with van der Waals surface area (Å²) in [5, 5.41) is 4.42. The van der Waals surface area contributed by atoms with E-state index in [9.17, 15) is 0 Å². The van der Waals surface area contributed by atoms with Crippen LogP contribution in [0.15, 0.2) is 49.1 Å². The predicted octanol–water partition coefficient (Wildman–Crippen LogP) is 2.86. The zero-order valence-corrected chi connectivity index (χ0v) is 11.9. The summed E-state index contributed by atoms with van der Waals surface area (Å²) in [7, 11) is 0. The lowest BCUT2D eigenvalue weighted by Gasteiger charge is -2.09. The van der Waals surface area contributed by atoms with E-state index in [0.717, 1.165) is 35.3 Å². The van der Waals surface area contributed by atoms with E-state index in [4.69, 9.17) is 5.73 Å². The third-order valence-corrected chi connectivity index (χ3v) is 3.36. The Labute approximate surface area is 123 Å². The van der Waals surface area contributed by atoms with Crippen LogP contribution in [-0.2, 0) is 6.42 Å². The van der Waals surface area contributed by atoms with Gasteiger partial charge >= 0.3 is 0 Å². The van der Waals surface area contributed by atoms with Crippen molar-refractivity contribution in [3.8, 4) is 16.9 Å². The van der Waals surface area contributed by atoms with Crippen LogP contribution in [0.4, 0.5) is 5.82 Å². The molecule has 0 saturated heterocycles. The molecule has 0 spiro atoms. The van der Waals surface area contributed by atoms with Crippen LogP contribution in [0.2, 0.25) is 0 Å². The molecule has 0 bridgehead atoms.